The lowest BCUT2D eigenvalue weighted by atomic mass is 9.46. The Morgan fingerprint density at radius 2 is 1.97 bits per heavy atom. The molecule has 2 fully saturated rings. The highest BCUT2D eigenvalue weighted by molar-refractivity contribution is 5.89. The number of aliphatic hydroxyl groups is 1. The maximum absolute atomic E-state index is 12.9. The third-order valence-corrected chi connectivity index (χ3v) is 7.86. The van der Waals surface area contributed by atoms with Gasteiger partial charge in [0, 0.05) is 18.9 Å². The van der Waals surface area contributed by atoms with E-state index in [1.54, 1.807) is 18.2 Å². The maximum Gasteiger partial charge on any atom is 0.338 e. The van der Waals surface area contributed by atoms with Crippen LogP contribution >= 0.6 is 0 Å². The van der Waals surface area contributed by atoms with Crippen molar-refractivity contribution in [3.63, 3.8) is 0 Å². The van der Waals surface area contributed by atoms with Gasteiger partial charge >= 0.3 is 5.97 Å². The van der Waals surface area contributed by atoms with Crippen LogP contribution in [-0.4, -0.2) is 30.1 Å². The van der Waals surface area contributed by atoms with E-state index in [0.717, 1.165) is 49.5 Å². The van der Waals surface area contributed by atoms with E-state index in [4.69, 9.17) is 4.74 Å². The Labute approximate surface area is 186 Å². The molecule has 5 atom stereocenters. The Hall–Kier alpha value is -2.20. The van der Waals surface area contributed by atoms with Crippen molar-refractivity contribution in [2.45, 2.75) is 65.4 Å². The number of carbonyl (C=O) groups is 2. The number of hydrogen-bond donors (Lipinski definition) is 1. The molecule has 0 radical (unpaired) electrons. The molecule has 0 aromatic heterocycles. The summed E-state index contributed by atoms with van der Waals surface area (Å²) in [4.78, 5) is 23.7. The van der Waals surface area contributed by atoms with Crippen LogP contribution in [0.1, 0.15) is 69.7 Å². The fourth-order valence-corrected chi connectivity index (χ4v) is 6.40. The summed E-state index contributed by atoms with van der Waals surface area (Å²) in [6.07, 6.45) is 7.54. The van der Waals surface area contributed by atoms with Crippen LogP contribution in [-0.2, 0) is 9.53 Å². The minimum atomic E-state index is -0.310. The number of benzene rings is 1. The molecule has 2 aliphatic carbocycles. The molecule has 1 N–H and O–H groups in total. The van der Waals surface area contributed by atoms with Crippen LogP contribution in [0.5, 0.6) is 0 Å². The van der Waals surface area contributed by atoms with Crippen molar-refractivity contribution in [2.75, 3.05) is 6.61 Å². The molecule has 1 aromatic rings. The zero-order valence-electron chi connectivity index (χ0n) is 19.1. The van der Waals surface area contributed by atoms with Gasteiger partial charge < -0.3 is 9.84 Å². The van der Waals surface area contributed by atoms with Crippen LogP contribution in [0.2, 0.25) is 0 Å². The summed E-state index contributed by atoms with van der Waals surface area (Å²) in [7, 11) is 0. The summed E-state index contributed by atoms with van der Waals surface area (Å²) in [5, 5.41) is 10.4. The molecule has 0 spiro atoms. The highest BCUT2D eigenvalue weighted by Crippen LogP contribution is 2.62. The Morgan fingerprint density at radius 3 is 2.61 bits per heavy atom. The molecule has 0 unspecified atom stereocenters. The van der Waals surface area contributed by atoms with Gasteiger partial charge in [-0.15, -0.1) is 0 Å². The largest absolute Gasteiger partial charge is 0.458 e. The molecule has 0 bridgehead atoms. The molecule has 3 rings (SSSR count). The average Bonchev–Trinajstić information content (AvgIpc) is 2.73. The van der Waals surface area contributed by atoms with Crippen molar-refractivity contribution >= 4 is 12.3 Å². The number of aldehydes is 1. The summed E-state index contributed by atoms with van der Waals surface area (Å²) >= 11 is 0. The van der Waals surface area contributed by atoms with E-state index in [9.17, 15) is 14.7 Å². The second-order valence-electron chi connectivity index (χ2n) is 10.1. The summed E-state index contributed by atoms with van der Waals surface area (Å²) in [5.74, 6) is 0.0115. The number of ether oxygens (including phenoxy) is 1. The Balaban J connectivity index is 1.92. The molecule has 1 aromatic carbocycles. The number of esters is 1. The van der Waals surface area contributed by atoms with E-state index in [-0.39, 0.29) is 41.3 Å². The Kier molecular flexibility index (Phi) is 7.20. The Bertz CT molecular complexity index is 842. The van der Waals surface area contributed by atoms with Crippen LogP contribution in [0, 0.1) is 22.7 Å². The van der Waals surface area contributed by atoms with Crippen LogP contribution in [0.25, 0.3) is 0 Å². The Morgan fingerprint density at radius 1 is 1.26 bits per heavy atom. The first-order valence-corrected chi connectivity index (χ1v) is 11.4. The van der Waals surface area contributed by atoms with Gasteiger partial charge in [-0.1, -0.05) is 56.2 Å². The van der Waals surface area contributed by atoms with E-state index in [2.05, 4.69) is 20.4 Å². The lowest BCUT2D eigenvalue weighted by Crippen LogP contribution is -2.58. The number of aliphatic hydroxyl groups excluding tert-OH is 1. The third-order valence-electron chi connectivity index (χ3n) is 7.86. The van der Waals surface area contributed by atoms with Crippen LogP contribution in [0.15, 0.2) is 54.1 Å². The predicted molar refractivity (Wildman–Crippen MR) is 123 cm³/mol. The van der Waals surface area contributed by atoms with Crippen LogP contribution in [0.4, 0.5) is 0 Å². The summed E-state index contributed by atoms with van der Waals surface area (Å²) in [6, 6.07) is 9.10. The molecule has 2 saturated carbocycles. The zero-order chi connectivity index (χ0) is 22.6. The molecular weight excluding hydrogens is 388 g/mol. The van der Waals surface area contributed by atoms with E-state index in [1.165, 1.54) is 0 Å². The third kappa shape index (κ3) is 4.69. The van der Waals surface area contributed by atoms with Gasteiger partial charge in [0.2, 0.25) is 0 Å². The second kappa shape index (κ2) is 9.52. The van der Waals surface area contributed by atoms with Crippen molar-refractivity contribution in [3.05, 3.63) is 59.7 Å². The van der Waals surface area contributed by atoms with Crippen LogP contribution < -0.4 is 0 Å². The van der Waals surface area contributed by atoms with Crippen molar-refractivity contribution in [1.82, 2.24) is 0 Å². The normalized spacial score (nSPS) is 33.5. The first-order valence-electron chi connectivity index (χ1n) is 11.4. The van der Waals surface area contributed by atoms with Crippen molar-refractivity contribution < 1.29 is 19.4 Å². The van der Waals surface area contributed by atoms with Gasteiger partial charge in [0.1, 0.15) is 12.4 Å². The van der Waals surface area contributed by atoms with Gasteiger partial charge in [0.05, 0.1) is 5.56 Å². The molecule has 0 aliphatic heterocycles. The van der Waals surface area contributed by atoms with Gasteiger partial charge in [0.15, 0.2) is 0 Å². The highest BCUT2D eigenvalue weighted by atomic mass is 16.5. The number of rotatable bonds is 7. The summed E-state index contributed by atoms with van der Waals surface area (Å²) in [5.41, 5.74) is 2.31. The second-order valence-corrected chi connectivity index (χ2v) is 10.1. The molecule has 4 heteroatoms. The van der Waals surface area contributed by atoms with Gasteiger partial charge in [0.25, 0.3) is 0 Å². The monoisotopic (exact) mass is 424 g/mol. The SMILES string of the molecule is C=C1C[C@@H](OC(=O)c2ccccc2)[C@H]2[C@](C)(CO)CCC[C@]2(C)[C@@H]1CCC(C)=CC=O. The number of fused-ring (bicyclic) bond motifs is 1. The zero-order valence-corrected chi connectivity index (χ0v) is 19.1. The van der Waals surface area contributed by atoms with Crippen molar-refractivity contribution in [2.24, 2.45) is 22.7 Å². The number of hydrogen-bond acceptors (Lipinski definition) is 4. The maximum atomic E-state index is 12.9. The van der Waals surface area contributed by atoms with Crippen molar-refractivity contribution in [3.8, 4) is 0 Å². The first kappa shape index (κ1) is 23.5. The fourth-order valence-electron chi connectivity index (χ4n) is 6.40. The molecule has 2 aliphatic rings. The average molecular weight is 425 g/mol. The molecule has 4 nitrogen and oxygen atoms in total. The predicted octanol–water partition coefficient (Wildman–Crippen LogP) is 5.52. The minimum absolute atomic E-state index is 0.0530. The molecule has 31 heavy (non-hydrogen) atoms. The van der Waals surface area contributed by atoms with E-state index in [1.807, 2.05) is 25.1 Å². The lowest BCUT2D eigenvalue weighted by Gasteiger charge is -2.60. The smallest absolute Gasteiger partial charge is 0.338 e. The quantitative estimate of drug-likeness (QED) is 0.271. The fraction of sp³-hybridized carbons (Fsp3) is 0.556. The molecule has 168 valence electrons. The summed E-state index contributed by atoms with van der Waals surface area (Å²) < 4.78 is 6.12. The molecule has 0 amide bonds. The van der Waals surface area contributed by atoms with E-state index in [0.29, 0.717) is 12.0 Å². The molecule has 0 saturated heterocycles. The van der Waals surface area contributed by atoms with Crippen molar-refractivity contribution in [1.29, 1.82) is 0 Å². The van der Waals surface area contributed by atoms with Crippen LogP contribution in [0.3, 0.4) is 0 Å². The summed E-state index contributed by atoms with van der Waals surface area (Å²) in [6.45, 7) is 10.9. The lowest BCUT2D eigenvalue weighted by molar-refractivity contribution is -0.145. The minimum Gasteiger partial charge on any atom is -0.458 e. The first-order chi connectivity index (χ1) is 14.7. The molecular formula is C27H36O4. The molecule has 0 heterocycles. The van der Waals surface area contributed by atoms with Gasteiger partial charge in [-0.25, -0.2) is 4.79 Å². The van der Waals surface area contributed by atoms with E-state index < -0.39 is 0 Å². The van der Waals surface area contributed by atoms with Gasteiger partial charge in [-0.05, 0) is 67.6 Å². The topological polar surface area (TPSA) is 63.6 Å². The van der Waals surface area contributed by atoms with Gasteiger partial charge in [-0.3, -0.25) is 4.79 Å². The standard InChI is InChI=1S/C27H36O4/c1-19(13-16-28)11-12-22-20(2)17-23(31-25(30)21-9-6-5-7-10-21)24-26(3,18-29)14-8-15-27(22,24)4/h5-7,9-10,13,16,22-24,29H,2,8,11-12,14-15,17-18H2,1,3-4H3/t22-,23-,24+,26+,27-/m1/s1. The van der Waals surface area contributed by atoms with Gasteiger partial charge in [-0.2, -0.15) is 0 Å². The van der Waals surface area contributed by atoms with E-state index >= 15 is 0 Å². The highest BCUT2D eigenvalue weighted by Gasteiger charge is 2.59. The number of allylic oxidation sites excluding steroid dienone is 2. The number of carbonyl (C=O) groups excluding carboxylic acids is 2.